The van der Waals surface area contributed by atoms with E-state index in [2.05, 4.69) is 30.9 Å². The van der Waals surface area contributed by atoms with Gasteiger partial charge in [-0.25, -0.2) is 0 Å². The van der Waals surface area contributed by atoms with Crippen molar-refractivity contribution >= 4 is 30.3 Å². The molecule has 35 heavy (non-hydrogen) atoms. The Kier molecular flexibility index (Phi) is 23.5. The van der Waals surface area contributed by atoms with Gasteiger partial charge in [-0.05, 0) is 6.42 Å². The molecule has 0 fully saturated rings. The molecule has 0 rings (SSSR count). The second kappa shape index (κ2) is 23.9. The van der Waals surface area contributed by atoms with Crippen LogP contribution in [0.5, 0.6) is 0 Å². The summed E-state index contributed by atoms with van der Waals surface area (Å²) in [5, 5.41) is 0. The van der Waals surface area contributed by atoms with E-state index in [0.717, 1.165) is 12.8 Å². The van der Waals surface area contributed by atoms with Crippen LogP contribution in [0.2, 0.25) is 13.3 Å². The van der Waals surface area contributed by atoms with Crippen molar-refractivity contribution in [3.05, 3.63) is 10.2 Å². The zero-order valence-corrected chi connectivity index (χ0v) is 26.9. The molecule has 0 heterocycles. The number of ether oxygens (including phenoxy) is 2. The van der Waals surface area contributed by atoms with Crippen molar-refractivity contribution in [2.45, 2.75) is 143 Å². The summed E-state index contributed by atoms with van der Waals surface area (Å²) in [6.07, 6.45) is 23.8. The van der Waals surface area contributed by atoms with Crippen LogP contribution in [0.25, 0.3) is 0 Å². The molecule has 0 radical (unpaired) electrons. The minimum atomic E-state index is -2.07. The van der Waals surface area contributed by atoms with Crippen LogP contribution in [0.15, 0.2) is 10.2 Å². The van der Waals surface area contributed by atoms with Crippen molar-refractivity contribution in [3.8, 4) is 0 Å². The molecule has 0 aromatic heterocycles. The standard InChI is InChI=1S/C18H31O4.3C4H9.Sn/c1-4-5-6-7-8-9-10-11-12-13-14-15-16(17(19)21-2)18(20)22-3;3*1-3-4-2;/h1,4,16H,5-15H2,2-3H3;3*1,3-4H2,2H3;. The second-order valence-corrected chi connectivity index (χ2v) is 23.4. The van der Waals surface area contributed by atoms with Gasteiger partial charge in [0.15, 0.2) is 5.92 Å². The fraction of sp³-hybridized carbons (Fsp3) is 0.867. The first-order valence-electron chi connectivity index (χ1n) is 14.8. The topological polar surface area (TPSA) is 52.6 Å². The Hall–Kier alpha value is -0.521. The van der Waals surface area contributed by atoms with E-state index >= 15 is 0 Å². The molecule has 0 atom stereocenters. The molecular formula is C30H58O4Sn. The van der Waals surface area contributed by atoms with Crippen LogP contribution in [-0.4, -0.2) is 44.5 Å². The molecule has 0 saturated carbocycles. The van der Waals surface area contributed by atoms with Gasteiger partial charge in [-0.1, -0.05) is 0 Å². The van der Waals surface area contributed by atoms with Crippen molar-refractivity contribution in [2.75, 3.05) is 14.2 Å². The third-order valence-electron chi connectivity index (χ3n) is 7.39. The number of allylic oxidation sites excluding steroid dienone is 1. The molecule has 0 bridgehead atoms. The van der Waals surface area contributed by atoms with Crippen molar-refractivity contribution in [1.29, 1.82) is 0 Å². The van der Waals surface area contributed by atoms with Gasteiger partial charge in [0.05, 0.1) is 14.2 Å². The number of methoxy groups -OCH3 is 2. The van der Waals surface area contributed by atoms with E-state index in [1.165, 1.54) is 104 Å². The summed E-state index contributed by atoms with van der Waals surface area (Å²) in [7, 11) is 2.64. The molecule has 5 heteroatoms. The van der Waals surface area contributed by atoms with Crippen LogP contribution in [-0.2, 0) is 19.1 Å². The molecule has 0 spiro atoms. The Labute approximate surface area is 222 Å². The molecule has 0 aromatic carbocycles. The van der Waals surface area contributed by atoms with E-state index < -0.39 is 36.2 Å². The van der Waals surface area contributed by atoms with Gasteiger partial charge in [0, 0.05) is 0 Å². The SMILES string of the molecule is CCC[CH2][Sn]([CH]=CCCCCCCCCCCCC(C(=O)OC)C(=O)OC)([CH2]CCC)[CH2]CCC. The van der Waals surface area contributed by atoms with Gasteiger partial charge in [0.25, 0.3) is 0 Å². The Morgan fingerprint density at radius 2 is 1.03 bits per heavy atom. The van der Waals surface area contributed by atoms with E-state index in [1.54, 1.807) is 13.3 Å². The van der Waals surface area contributed by atoms with Crippen LogP contribution in [0.3, 0.4) is 0 Å². The molecule has 0 amide bonds. The molecule has 0 aromatic rings. The molecule has 0 aliphatic carbocycles. The van der Waals surface area contributed by atoms with Gasteiger partial charge in [-0.15, -0.1) is 0 Å². The summed E-state index contributed by atoms with van der Waals surface area (Å²) in [6, 6.07) is 0. The molecule has 0 unspecified atom stereocenters. The van der Waals surface area contributed by atoms with E-state index in [-0.39, 0.29) is 0 Å². The van der Waals surface area contributed by atoms with E-state index in [4.69, 9.17) is 9.47 Å². The number of rotatable bonds is 24. The van der Waals surface area contributed by atoms with Gasteiger partial charge >= 0.3 is 177 Å². The molecule has 0 N–H and O–H groups in total. The van der Waals surface area contributed by atoms with Crippen molar-refractivity contribution < 1.29 is 19.1 Å². The van der Waals surface area contributed by atoms with Gasteiger partial charge in [0.2, 0.25) is 0 Å². The second-order valence-electron chi connectivity index (χ2n) is 10.4. The summed E-state index contributed by atoms with van der Waals surface area (Å²) in [6.45, 7) is 7.06. The van der Waals surface area contributed by atoms with Crippen molar-refractivity contribution in [1.82, 2.24) is 0 Å². The normalized spacial score (nSPS) is 11.9. The van der Waals surface area contributed by atoms with Gasteiger partial charge < -0.3 is 9.47 Å². The van der Waals surface area contributed by atoms with Gasteiger partial charge in [-0.3, -0.25) is 9.59 Å². The molecule has 206 valence electrons. The van der Waals surface area contributed by atoms with Crippen LogP contribution >= 0.6 is 0 Å². The van der Waals surface area contributed by atoms with Crippen molar-refractivity contribution in [2.24, 2.45) is 5.92 Å². The summed E-state index contributed by atoms with van der Waals surface area (Å²) >= 11 is -2.07. The summed E-state index contributed by atoms with van der Waals surface area (Å²) in [4.78, 5) is 23.4. The van der Waals surface area contributed by atoms with E-state index in [0.29, 0.717) is 6.42 Å². The number of hydrogen-bond acceptors (Lipinski definition) is 4. The van der Waals surface area contributed by atoms with Crippen LogP contribution in [0.4, 0.5) is 0 Å². The summed E-state index contributed by atoms with van der Waals surface area (Å²) in [5.74, 6) is -1.73. The van der Waals surface area contributed by atoms with Crippen LogP contribution in [0.1, 0.15) is 130 Å². The van der Waals surface area contributed by atoms with E-state index in [1.807, 2.05) is 0 Å². The number of unbranched alkanes of at least 4 members (excludes halogenated alkanes) is 12. The molecule has 0 saturated heterocycles. The first-order chi connectivity index (χ1) is 17.0. The Morgan fingerprint density at radius 1 is 0.629 bits per heavy atom. The first-order valence-corrected chi connectivity index (χ1v) is 22.5. The average molecular weight is 602 g/mol. The minimum absolute atomic E-state index is 0.483. The first kappa shape index (κ1) is 34.5. The molecule has 4 nitrogen and oxygen atoms in total. The summed E-state index contributed by atoms with van der Waals surface area (Å²) < 4.78 is 17.0. The maximum absolute atomic E-state index is 11.7. The Balaban J connectivity index is 4.03. The predicted octanol–water partition coefficient (Wildman–Crippen LogP) is 9.18. The number of esters is 2. The molecular weight excluding hydrogens is 543 g/mol. The zero-order valence-electron chi connectivity index (χ0n) is 24.0. The predicted molar refractivity (Wildman–Crippen MR) is 152 cm³/mol. The monoisotopic (exact) mass is 602 g/mol. The summed E-state index contributed by atoms with van der Waals surface area (Å²) in [5.41, 5.74) is 0. The van der Waals surface area contributed by atoms with Crippen molar-refractivity contribution in [3.63, 3.8) is 0 Å². The van der Waals surface area contributed by atoms with Gasteiger partial charge in [-0.2, -0.15) is 0 Å². The zero-order chi connectivity index (χ0) is 26.2. The van der Waals surface area contributed by atoms with Crippen LogP contribution in [0, 0.1) is 5.92 Å². The number of carbonyl (C=O) groups is 2. The number of carbonyl (C=O) groups excluding carboxylic acids is 2. The van der Waals surface area contributed by atoms with Gasteiger partial charge in [0.1, 0.15) is 0 Å². The quantitative estimate of drug-likeness (QED) is 0.0479. The Morgan fingerprint density at radius 3 is 1.43 bits per heavy atom. The maximum atomic E-state index is 11.7. The number of hydrogen-bond donors (Lipinski definition) is 0. The van der Waals surface area contributed by atoms with Crippen LogP contribution < -0.4 is 0 Å². The molecule has 0 aliphatic rings. The fourth-order valence-corrected chi connectivity index (χ4v) is 19.5. The van der Waals surface area contributed by atoms with E-state index in [9.17, 15) is 9.59 Å². The fourth-order valence-electron chi connectivity index (χ4n) is 5.01. The third-order valence-corrected chi connectivity index (χ3v) is 21.6. The third kappa shape index (κ3) is 17.5. The Bertz CT molecular complexity index is 509. The average Bonchev–Trinajstić information content (AvgIpc) is 2.88. The molecule has 0 aliphatic heterocycles.